The van der Waals surface area contributed by atoms with Crippen molar-refractivity contribution in [3.63, 3.8) is 0 Å². The minimum Gasteiger partial charge on any atom is -0.286 e. The minimum atomic E-state index is -3.69. The lowest BCUT2D eigenvalue weighted by atomic mass is 10.0. The second kappa shape index (κ2) is 12.6. The van der Waals surface area contributed by atoms with Crippen molar-refractivity contribution >= 4 is 21.5 Å². The van der Waals surface area contributed by atoms with Crippen molar-refractivity contribution in [3.8, 4) is 0 Å². The molecule has 0 aliphatic heterocycles. The molecule has 1 aliphatic carbocycles. The number of thiophene rings is 1. The van der Waals surface area contributed by atoms with Gasteiger partial charge in [-0.15, -0.1) is 0 Å². The number of rotatable bonds is 3. The van der Waals surface area contributed by atoms with E-state index in [1.165, 1.54) is 38.5 Å². The Hall–Kier alpha value is -0.390. The lowest BCUT2D eigenvalue weighted by Crippen LogP contribution is -2.02. The Morgan fingerprint density at radius 3 is 1.58 bits per heavy atom. The molecular weight excluding hydrogens is 280 g/mol. The first kappa shape index (κ1) is 18.6. The van der Waals surface area contributed by atoms with E-state index in [-0.39, 0.29) is 5.75 Å². The summed E-state index contributed by atoms with van der Waals surface area (Å²) in [7, 11) is -3.69. The smallest absolute Gasteiger partial charge is 0.264 e. The molecule has 1 aromatic heterocycles. The summed E-state index contributed by atoms with van der Waals surface area (Å²) in [5, 5.41) is 4.08. The number of unbranched alkanes of at least 4 members (excludes halogenated alkanes) is 1. The van der Waals surface area contributed by atoms with Crippen molar-refractivity contribution in [2.45, 2.75) is 58.3 Å². The molecule has 1 fully saturated rings. The molecule has 1 heterocycles. The first-order valence-electron chi connectivity index (χ1n) is 6.98. The van der Waals surface area contributed by atoms with Gasteiger partial charge in [0, 0.05) is 0 Å². The lowest BCUT2D eigenvalue weighted by molar-refractivity contribution is 0.480. The van der Waals surface area contributed by atoms with Crippen LogP contribution in [0.5, 0.6) is 0 Å². The minimum absolute atomic E-state index is 0.108. The molecule has 1 aromatic rings. The maximum atomic E-state index is 9.95. The van der Waals surface area contributed by atoms with Crippen molar-refractivity contribution in [2.75, 3.05) is 5.75 Å². The summed E-state index contributed by atoms with van der Waals surface area (Å²) < 4.78 is 28.0. The van der Waals surface area contributed by atoms with Gasteiger partial charge in [-0.3, -0.25) is 4.55 Å². The zero-order valence-corrected chi connectivity index (χ0v) is 13.4. The van der Waals surface area contributed by atoms with E-state index < -0.39 is 10.1 Å². The predicted octanol–water partition coefficient (Wildman–Crippen LogP) is 4.76. The average Bonchev–Trinajstić information content (AvgIpc) is 2.97. The summed E-state index contributed by atoms with van der Waals surface area (Å²) in [6.07, 6.45) is 10.3. The van der Waals surface area contributed by atoms with Crippen LogP contribution in [0.1, 0.15) is 58.3 Å². The van der Waals surface area contributed by atoms with Gasteiger partial charge in [-0.05, 0) is 17.2 Å². The summed E-state index contributed by atoms with van der Waals surface area (Å²) in [6, 6.07) is 4.04. The molecule has 1 aliphatic rings. The van der Waals surface area contributed by atoms with Crippen LogP contribution in [-0.4, -0.2) is 18.7 Å². The van der Waals surface area contributed by atoms with Gasteiger partial charge in [-0.1, -0.05) is 64.0 Å². The summed E-state index contributed by atoms with van der Waals surface area (Å²) in [5.74, 6) is -0.108. The van der Waals surface area contributed by atoms with Crippen LogP contribution in [0.3, 0.4) is 0 Å². The Labute approximate surface area is 121 Å². The van der Waals surface area contributed by atoms with Crippen LogP contribution in [0.4, 0.5) is 0 Å². The quantitative estimate of drug-likeness (QED) is 0.819. The summed E-state index contributed by atoms with van der Waals surface area (Å²) in [4.78, 5) is 0. The molecule has 0 radical (unpaired) electrons. The largest absolute Gasteiger partial charge is 0.286 e. The first-order valence-corrected chi connectivity index (χ1v) is 9.54. The molecule has 5 heteroatoms. The highest BCUT2D eigenvalue weighted by molar-refractivity contribution is 7.85. The van der Waals surface area contributed by atoms with E-state index in [4.69, 9.17) is 4.55 Å². The Bertz CT molecular complexity index is 325. The third kappa shape index (κ3) is 17.6. The van der Waals surface area contributed by atoms with E-state index in [1.54, 1.807) is 11.3 Å². The average molecular weight is 306 g/mol. The molecular formula is C14H26O3S2. The first-order chi connectivity index (χ1) is 9.06. The maximum absolute atomic E-state index is 9.95. The van der Waals surface area contributed by atoms with Gasteiger partial charge < -0.3 is 0 Å². The Balaban J connectivity index is 0.000000262. The van der Waals surface area contributed by atoms with Gasteiger partial charge >= 0.3 is 0 Å². The van der Waals surface area contributed by atoms with Gasteiger partial charge in [0.15, 0.2) is 0 Å². The van der Waals surface area contributed by atoms with Crippen molar-refractivity contribution in [1.29, 1.82) is 0 Å². The molecule has 0 amide bonds. The molecule has 0 atom stereocenters. The number of hydrogen-bond donors (Lipinski definition) is 1. The van der Waals surface area contributed by atoms with Crippen molar-refractivity contribution < 1.29 is 13.0 Å². The standard InChI is InChI=1S/C6H12.C4H10O3S.C4H4S/c1-2-4-6-5-3-1;1-2-3-4-8(5,6)7;1-2-4-5-3-1/h1-6H2;2-4H2,1H3,(H,5,6,7);1-4H. The second-order valence-electron chi connectivity index (χ2n) is 4.55. The zero-order chi connectivity index (χ0) is 14.4. The van der Waals surface area contributed by atoms with Gasteiger partial charge in [0.1, 0.15) is 0 Å². The number of hydrogen-bond acceptors (Lipinski definition) is 3. The molecule has 2 rings (SSSR count). The Morgan fingerprint density at radius 1 is 1.00 bits per heavy atom. The van der Waals surface area contributed by atoms with Gasteiger partial charge in [0.2, 0.25) is 0 Å². The topological polar surface area (TPSA) is 54.4 Å². The fourth-order valence-electron chi connectivity index (χ4n) is 1.61. The predicted molar refractivity (Wildman–Crippen MR) is 83.3 cm³/mol. The summed E-state index contributed by atoms with van der Waals surface area (Å²) in [6.45, 7) is 1.87. The molecule has 1 N–H and O–H groups in total. The SMILES string of the molecule is C1CCCCC1.CCCCS(=O)(=O)O.c1ccsc1. The third-order valence-electron chi connectivity index (χ3n) is 2.68. The third-order valence-corrected chi connectivity index (χ3v) is 4.11. The van der Waals surface area contributed by atoms with E-state index in [9.17, 15) is 8.42 Å². The fraction of sp³-hybridized carbons (Fsp3) is 0.714. The van der Waals surface area contributed by atoms with Gasteiger partial charge in [0.05, 0.1) is 5.75 Å². The molecule has 0 bridgehead atoms. The summed E-state index contributed by atoms with van der Waals surface area (Å²) in [5.41, 5.74) is 0. The van der Waals surface area contributed by atoms with Crippen molar-refractivity contribution in [2.24, 2.45) is 0 Å². The van der Waals surface area contributed by atoms with E-state index >= 15 is 0 Å². The highest BCUT2D eigenvalue weighted by atomic mass is 32.2. The van der Waals surface area contributed by atoms with Crippen molar-refractivity contribution in [1.82, 2.24) is 0 Å². The fourth-order valence-corrected chi connectivity index (χ4v) is 2.72. The summed E-state index contributed by atoms with van der Waals surface area (Å²) >= 11 is 1.71. The Kier molecular flexibility index (Phi) is 12.4. The van der Waals surface area contributed by atoms with Crippen LogP contribution in [0.25, 0.3) is 0 Å². The van der Waals surface area contributed by atoms with E-state index in [1.807, 2.05) is 29.8 Å². The molecule has 19 heavy (non-hydrogen) atoms. The van der Waals surface area contributed by atoms with E-state index in [0.29, 0.717) is 6.42 Å². The van der Waals surface area contributed by atoms with Crippen LogP contribution in [0.15, 0.2) is 22.9 Å². The zero-order valence-electron chi connectivity index (χ0n) is 11.8. The van der Waals surface area contributed by atoms with E-state index in [2.05, 4.69) is 0 Å². The van der Waals surface area contributed by atoms with Crippen LogP contribution in [0.2, 0.25) is 0 Å². The molecule has 0 aromatic carbocycles. The molecule has 0 unspecified atom stereocenters. The lowest BCUT2D eigenvalue weighted by Gasteiger charge is -2.05. The van der Waals surface area contributed by atoms with Crippen molar-refractivity contribution in [3.05, 3.63) is 22.9 Å². The second-order valence-corrected chi connectivity index (χ2v) is 6.94. The van der Waals surface area contributed by atoms with E-state index in [0.717, 1.165) is 6.42 Å². The monoisotopic (exact) mass is 306 g/mol. The molecule has 3 nitrogen and oxygen atoms in total. The van der Waals surface area contributed by atoms with Gasteiger partial charge in [-0.2, -0.15) is 19.8 Å². The van der Waals surface area contributed by atoms with Crippen LogP contribution >= 0.6 is 11.3 Å². The molecule has 1 saturated carbocycles. The highest BCUT2D eigenvalue weighted by Crippen LogP contribution is 2.15. The molecule has 0 spiro atoms. The van der Waals surface area contributed by atoms with Crippen LogP contribution in [0, 0.1) is 0 Å². The van der Waals surface area contributed by atoms with Gasteiger partial charge in [-0.25, -0.2) is 0 Å². The maximum Gasteiger partial charge on any atom is 0.264 e. The van der Waals surface area contributed by atoms with Crippen LogP contribution < -0.4 is 0 Å². The highest BCUT2D eigenvalue weighted by Gasteiger charge is 2.00. The normalized spacial score (nSPS) is 14.6. The van der Waals surface area contributed by atoms with Crippen LogP contribution in [-0.2, 0) is 10.1 Å². The molecule has 112 valence electrons. The van der Waals surface area contributed by atoms with Gasteiger partial charge in [0.25, 0.3) is 10.1 Å². The molecule has 0 saturated heterocycles. The Morgan fingerprint density at radius 2 is 1.42 bits per heavy atom.